The standard InChI is InChI=1S/C42H28N2.C35H25N3.C34H22N4/c1-3-13-29(14-4-1)31-17-11-19-33(25-31)43-39-23-9-7-21-35(39)37-28-42-38(27-41(37)43)36-22-8-10-24-40(36)44(42)34-20-12-18-32(26-34)30-15-5-2-6-16-30;1-3-12-24(13-4-1)30-18-11-21-35(36-30)38-32-20-10-8-17-27(32)29-22-33-28(23-34(29)38)26-16-7-9-19-31(26)37(33)25-14-5-2-6-15-25;1-3-11-23(12-4-1)24-21-35-34(36-22-24)38-31-18-10-8-16-27(31)29-19-32-28(20-33(29)38)26-15-7-9-17-30(26)37(32)25-13-5-2-6-14-25/h1-28H;2-3,5-23H,1,4H2;1-22H. The quantitative estimate of drug-likeness (QED) is 0.137. The summed E-state index contributed by atoms with van der Waals surface area (Å²) in [6.07, 6.45) is 12.7. The third-order valence-electron chi connectivity index (χ3n) is 24.0. The van der Waals surface area contributed by atoms with Crippen LogP contribution in [0.4, 0.5) is 0 Å². The Kier molecular flexibility index (Phi) is 16.9. The van der Waals surface area contributed by atoms with Crippen molar-refractivity contribution in [2.45, 2.75) is 12.8 Å². The molecule has 0 spiro atoms. The zero-order chi connectivity index (χ0) is 79.1. The van der Waals surface area contributed by atoms with Gasteiger partial charge in [0.25, 0.3) is 0 Å². The van der Waals surface area contributed by atoms with Crippen molar-refractivity contribution in [3.63, 3.8) is 0 Å². The Balaban J connectivity index is 0.000000105. The smallest absolute Gasteiger partial charge is 0.234 e. The average Bonchev–Trinajstić information content (AvgIpc) is 1.57. The Morgan fingerprint density at radius 1 is 0.200 bits per heavy atom. The normalized spacial score (nSPS) is 12.3. The van der Waals surface area contributed by atoms with Gasteiger partial charge in [0, 0.05) is 105 Å². The van der Waals surface area contributed by atoms with Gasteiger partial charge in [0.05, 0.1) is 71.9 Å². The van der Waals surface area contributed by atoms with Crippen molar-refractivity contribution in [2.75, 3.05) is 0 Å². The first kappa shape index (κ1) is 69.5. The van der Waals surface area contributed by atoms with Crippen LogP contribution in [0.1, 0.15) is 18.5 Å². The zero-order valence-electron chi connectivity index (χ0n) is 65.4. The summed E-state index contributed by atoms with van der Waals surface area (Å²) >= 11 is 0. The second kappa shape index (κ2) is 29.1. The monoisotopic (exact) mass is 1530 g/mol. The second-order valence-electron chi connectivity index (χ2n) is 30.9. The van der Waals surface area contributed by atoms with E-state index in [9.17, 15) is 0 Å². The van der Waals surface area contributed by atoms with Crippen molar-refractivity contribution in [2.24, 2.45) is 0 Å². The van der Waals surface area contributed by atoms with E-state index in [0.29, 0.717) is 5.95 Å². The van der Waals surface area contributed by atoms with Crippen LogP contribution in [0.5, 0.6) is 0 Å². The summed E-state index contributed by atoms with van der Waals surface area (Å²) in [5.74, 6) is 1.61. The summed E-state index contributed by atoms with van der Waals surface area (Å²) in [5.41, 5.74) is 28.0. The summed E-state index contributed by atoms with van der Waals surface area (Å²) < 4.78 is 14.1. The number of nitrogens with zero attached hydrogens (tertiary/aromatic N) is 9. The molecule has 0 N–H and O–H groups in total. The van der Waals surface area contributed by atoms with E-state index in [2.05, 4.69) is 428 Å². The van der Waals surface area contributed by atoms with Gasteiger partial charge in [-0.05, 0) is 180 Å². The van der Waals surface area contributed by atoms with Gasteiger partial charge in [0.2, 0.25) is 5.95 Å². The molecular weight excluding hydrogens is 1460 g/mol. The van der Waals surface area contributed by atoms with E-state index < -0.39 is 0 Å². The highest BCUT2D eigenvalue weighted by atomic mass is 15.2. The molecule has 120 heavy (non-hydrogen) atoms. The minimum absolute atomic E-state index is 0.669. The molecular formula is C111H75N9. The van der Waals surface area contributed by atoms with Crippen LogP contribution < -0.4 is 0 Å². The van der Waals surface area contributed by atoms with Gasteiger partial charge < -0.3 is 18.3 Å². The molecule has 0 unspecified atom stereocenters. The van der Waals surface area contributed by atoms with E-state index in [1.54, 1.807) is 0 Å². The Morgan fingerprint density at radius 3 is 0.867 bits per heavy atom. The summed E-state index contributed by atoms with van der Waals surface area (Å²) in [7, 11) is 0. The van der Waals surface area contributed by atoms with Crippen LogP contribution in [0.15, 0.2) is 431 Å². The number of aromatic nitrogens is 9. The molecule has 0 fully saturated rings. The predicted octanol–water partition coefficient (Wildman–Crippen LogP) is 28.6. The highest BCUT2D eigenvalue weighted by Crippen LogP contribution is 2.45. The van der Waals surface area contributed by atoms with Crippen molar-refractivity contribution in [1.82, 2.24) is 42.4 Å². The van der Waals surface area contributed by atoms with Crippen LogP contribution in [0, 0.1) is 0 Å². The summed E-state index contributed by atoms with van der Waals surface area (Å²) in [5, 5.41) is 14.8. The van der Waals surface area contributed by atoms with Crippen LogP contribution in [0.3, 0.4) is 0 Å². The van der Waals surface area contributed by atoms with Crippen molar-refractivity contribution >= 4 is 136 Å². The summed E-state index contributed by atoms with van der Waals surface area (Å²) in [4.78, 5) is 14.9. The van der Waals surface area contributed by atoms with E-state index in [1.165, 1.54) is 153 Å². The van der Waals surface area contributed by atoms with Crippen LogP contribution in [-0.2, 0) is 0 Å². The van der Waals surface area contributed by atoms with Gasteiger partial charge >= 0.3 is 0 Å². The molecule has 9 nitrogen and oxygen atoms in total. The fourth-order valence-electron chi connectivity index (χ4n) is 18.7. The van der Waals surface area contributed by atoms with Crippen LogP contribution in [0.2, 0.25) is 0 Å². The number of rotatable bonds is 10. The number of hydrogen-bond acceptors (Lipinski definition) is 3. The molecule has 1 aliphatic rings. The van der Waals surface area contributed by atoms with Gasteiger partial charge in [-0.2, -0.15) is 0 Å². The highest BCUT2D eigenvalue weighted by Gasteiger charge is 2.24. The third-order valence-corrected chi connectivity index (χ3v) is 24.0. The van der Waals surface area contributed by atoms with E-state index >= 15 is 0 Å². The molecule has 16 aromatic carbocycles. The predicted molar refractivity (Wildman–Crippen MR) is 501 cm³/mol. The molecule has 0 saturated heterocycles. The second-order valence-corrected chi connectivity index (χ2v) is 30.9. The zero-order valence-corrected chi connectivity index (χ0v) is 65.4. The third kappa shape index (κ3) is 11.7. The Bertz CT molecular complexity index is 8010. The molecule has 8 aromatic heterocycles. The first-order valence-electron chi connectivity index (χ1n) is 41.1. The molecule has 0 radical (unpaired) electrons. The van der Waals surface area contributed by atoms with Gasteiger partial charge in [0.1, 0.15) is 5.82 Å². The molecule has 8 heterocycles. The number of allylic oxidation sites excluding steroid dienone is 4. The van der Waals surface area contributed by atoms with Gasteiger partial charge in [0.15, 0.2) is 0 Å². The fourth-order valence-corrected chi connectivity index (χ4v) is 18.7. The van der Waals surface area contributed by atoms with Gasteiger partial charge in [-0.3, -0.25) is 9.13 Å². The fraction of sp³-hybridized carbons (Fsp3) is 0.0180. The van der Waals surface area contributed by atoms with Gasteiger partial charge in [-0.1, -0.05) is 285 Å². The summed E-state index contributed by atoms with van der Waals surface area (Å²) in [6, 6.07) is 143. The summed E-state index contributed by atoms with van der Waals surface area (Å²) in [6.45, 7) is 0. The van der Waals surface area contributed by atoms with Crippen molar-refractivity contribution < 1.29 is 0 Å². The van der Waals surface area contributed by atoms with Gasteiger partial charge in [-0.25, -0.2) is 15.0 Å². The average molecular weight is 1530 g/mol. The molecule has 564 valence electrons. The van der Waals surface area contributed by atoms with E-state index in [-0.39, 0.29) is 0 Å². The van der Waals surface area contributed by atoms with Crippen molar-refractivity contribution in [1.29, 1.82) is 0 Å². The first-order chi connectivity index (χ1) is 59.6. The molecule has 0 amide bonds. The number of pyridine rings is 1. The lowest BCUT2D eigenvalue weighted by molar-refractivity contribution is 0.990. The SMILES string of the molecule is C1=CC(c2cccc(-n3c4ccccc4c4cc5c(cc43)c3ccccc3n5-c3ccccc3)n2)=CCC1.c1ccc(-c2cccc(-n3c4ccccc4c4cc5c(cc43)c3ccccc3n5-c3cccc(-c4ccccc4)c3)c2)cc1.c1ccc(-c2cnc(-n3c4ccccc4c4cc5c(cc43)c3ccccc3n5-c3ccccc3)nc2)cc1. The largest absolute Gasteiger partial charge is 0.309 e. The number of hydrogen-bond donors (Lipinski definition) is 0. The maximum atomic E-state index is 5.17. The van der Waals surface area contributed by atoms with Crippen LogP contribution in [0.25, 0.3) is 204 Å². The molecule has 0 atom stereocenters. The highest BCUT2D eigenvalue weighted by molar-refractivity contribution is 6.22. The molecule has 9 heteroatoms. The topological polar surface area (TPSA) is 68.2 Å². The Labute approximate surface area is 691 Å². The first-order valence-corrected chi connectivity index (χ1v) is 41.1. The lowest BCUT2D eigenvalue weighted by Gasteiger charge is -2.11. The molecule has 25 rings (SSSR count). The minimum atomic E-state index is 0.669. The van der Waals surface area contributed by atoms with Crippen molar-refractivity contribution in [3.8, 4) is 67.9 Å². The Morgan fingerprint density at radius 2 is 0.492 bits per heavy atom. The molecule has 24 aromatic rings. The lowest BCUT2D eigenvalue weighted by atomic mass is 10.0. The molecule has 1 aliphatic carbocycles. The maximum absolute atomic E-state index is 5.17. The number of benzene rings is 16. The van der Waals surface area contributed by atoms with E-state index in [1.807, 2.05) is 30.6 Å². The minimum Gasteiger partial charge on any atom is -0.309 e. The lowest BCUT2D eigenvalue weighted by Crippen LogP contribution is -2.00. The number of para-hydroxylation sites is 8. The molecule has 0 aliphatic heterocycles. The van der Waals surface area contributed by atoms with Crippen molar-refractivity contribution in [3.05, 3.63) is 437 Å². The molecule has 0 saturated carbocycles. The van der Waals surface area contributed by atoms with E-state index in [0.717, 1.165) is 63.6 Å². The number of fused-ring (bicyclic) bond motifs is 18. The van der Waals surface area contributed by atoms with Gasteiger partial charge in [-0.15, -0.1) is 0 Å². The molecule has 0 bridgehead atoms. The Hall–Kier alpha value is -16.0. The van der Waals surface area contributed by atoms with Crippen LogP contribution >= 0.6 is 0 Å². The maximum Gasteiger partial charge on any atom is 0.234 e. The van der Waals surface area contributed by atoms with Crippen LogP contribution in [-0.4, -0.2) is 42.4 Å². The van der Waals surface area contributed by atoms with E-state index in [4.69, 9.17) is 15.0 Å².